The predicted molar refractivity (Wildman–Crippen MR) is 59.8 cm³/mol. The Morgan fingerprint density at radius 1 is 1.21 bits per heavy atom. The summed E-state index contributed by atoms with van der Waals surface area (Å²) in [4.78, 5) is 0. The molecule has 0 aromatic heterocycles. The molecule has 0 aliphatic carbocycles. The monoisotopic (exact) mass is 193 g/mol. The van der Waals surface area contributed by atoms with Gasteiger partial charge < -0.3 is 10.1 Å². The summed E-state index contributed by atoms with van der Waals surface area (Å²) in [6, 6.07) is 8.12. The van der Waals surface area contributed by atoms with Gasteiger partial charge >= 0.3 is 0 Å². The van der Waals surface area contributed by atoms with Crippen LogP contribution in [0.25, 0.3) is 0 Å². The molecule has 1 N–H and O–H groups in total. The normalized spacial score (nSPS) is 11.4. The SMILES string of the molecule is CNC(C)(C)COc1ccc(C)cc1. The van der Waals surface area contributed by atoms with Crippen LogP contribution in [0.1, 0.15) is 19.4 Å². The zero-order valence-corrected chi connectivity index (χ0v) is 9.42. The third kappa shape index (κ3) is 3.38. The smallest absolute Gasteiger partial charge is 0.119 e. The standard InChI is InChI=1S/C12H19NO/c1-10-5-7-11(8-6-10)14-9-12(2,3)13-4/h5-8,13H,9H2,1-4H3. The van der Waals surface area contributed by atoms with Crippen LogP contribution in [0.5, 0.6) is 5.75 Å². The number of hydrogen-bond acceptors (Lipinski definition) is 2. The second-order valence-corrected chi connectivity index (χ2v) is 4.24. The van der Waals surface area contributed by atoms with E-state index >= 15 is 0 Å². The minimum absolute atomic E-state index is 0.0187. The van der Waals surface area contributed by atoms with Crippen molar-refractivity contribution < 1.29 is 4.74 Å². The first-order valence-corrected chi connectivity index (χ1v) is 4.92. The summed E-state index contributed by atoms with van der Waals surface area (Å²) in [5.74, 6) is 0.930. The number of benzene rings is 1. The molecule has 0 fully saturated rings. The molecule has 0 aliphatic heterocycles. The second kappa shape index (κ2) is 4.47. The van der Waals surface area contributed by atoms with Gasteiger partial charge in [0, 0.05) is 5.54 Å². The first-order valence-electron chi connectivity index (χ1n) is 4.92. The van der Waals surface area contributed by atoms with Crippen LogP contribution in [-0.2, 0) is 0 Å². The summed E-state index contributed by atoms with van der Waals surface area (Å²) in [7, 11) is 1.94. The van der Waals surface area contributed by atoms with E-state index < -0.39 is 0 Å². The maximum Gasteiger partial charge on any atom is 0.119 e. The van der Waals surface area contributed by atoms with Gasteiger partial charge in [0.1, 0.15) is 12.4 Å². The van der Waals surface area contributed by atoms with Crippen molar-refractivity contribution in [1.82, 2.24) is 5.32 Å². The fourth-order valence-corrected chi connectivity index (χ4v) is 0.970. The van der Waals surface area contributed by atoms with Gasteiger partial charge in [0.2, 0.25) is 0 Å². The topological polar surface area (TPSA) is 21.3 Å². The van der Waals surface area contributed by atoms with Gasteiger partial charge in [-0.1, -0.05) is 17.7 Å². The quantitative estimate of drug-likeness (QED) is 0.792. The Morgan fingerprint density at radius 2 is 1.79 bits per heavy atom. The molecule has 0 unspecified atom stereocenters. The van der Waals surface area contributed by atoms with Crippen molar-refractivity contribution in [2.45, 2.75) is 26.3 Å². The summed E-state index contributed by atoms with van der Waals surface area (Å²) in [5, 5.41) is 3.20. The van der Waals surface area contributed by atoms with Crippen molar-refractivity contribution in [2.75, 3.05) is 13.7 Å². The fraction of sp³-hybridized carbons (Fsp3) is 0.500. The van der Waals surface area contributed by atoms with Crippen LogP contribution in [0.2, 0.25) is 0 Å². The highest BCUT2D eigenvalue weighted by molar-refractivity contribution is 5.26. The van der Waals surface area contributed by atoms with Gasteiger partial charge in [-0.25, -0.2) is 0 Å². The molecule has 2 nitrogen and oxygen atoms in total. The number of rotatable bonds is 4. The highest BCUT2D eigenvalue weighted by atomic mass is 16.5. The molecular weight excluding hydrogens is 174 g/mol. The third-order valence-corrected chi connectivity index (χ3v) is 2.30. The Labute approximate surface area is 86.3 Å². The van der Waals surface area contributed by atoms with E-state index in [1.807, 2.05) is 19.2 Å². The van der Waals surface area contributed by atoms with E-state index in [4.69, 9.17) is 4.74 Å². The van der Waals surface area contributed by atoms with Crippen molar-refractivity contribution in [1.29, 1.82) is 0 Å². The lowest BCUT2D eigenvalue weighted by Gasteiger charge is -2.23. The van der Waals surface area contributed by atoms with E-state index in [9.17, 15) is 0 Å². The summed E-state index contributed by atoms with van der Waals surface area (Å²) < 4.78 is 5.65. The number of hydrogen-bond donors (Lipinski definition) is 1. The van der Waals surface area contributed by atoms with E-state index in [1.165, 1.54) is 5.56 Å². The van der Waals surface area contributed by atoms with Crippen molar-refractivity contribution >= 4 is 0 Å². The summed E-state index contributed by atoms with van der Waals surface area (Å²) in [6.45, 7) is 6.97. The van der Waals surface area contributed by atoms with Crippen LogP contribution < -0.4 is 10.1 Å². The average Bonchev–Trinajstić information content (AvgIpc) is 2.17. The van der Waals surface area contributed by atoms with Gasteiger partial charge in [0.15, 0.2) is 0 Å². The van der Waals surface area contributed by atoms with Crippen LogP contribution in [0.4, 0.5) is 0 Å². The van der Waals surface area contributed by atoms with Crippen molar-refractivity contribution in [3.05, 3.63) is 29.8 Å². The van der Waals surface area contributed by atoms with Gasteiger partial charge in [0.05, 0.1) is 0 Å². The Hall–Kier alpha value is -1.02. The van der Waals surface area contributed by atoms with Crippen LogP contribution in [0, 0.1) is 6.92 Å². The van der Waals surface area contributed by atoms with Crippen LogP contribution in [-0.4, -0.2) is 19.2 Å². The molecule has 1 rings (SSSR count). The minimum atomic E-state index is 0.0187. The molecular formula is C12H19NO. The first-order chi connectivity index (χ1) is 6.53. The molecule has 1 aromatic carbocycles. The zero-order chi connectivity index (χ0) is 10.6. The number of nitrogens with one attached hydrogen (secondary N) is 1. The Morgan fingerprint density at radius 3 is 2.29 bits per heavy atom. The van der Waals surface area contributed by atoms with Gasteiger partial charge in [-0.2, -0.15) is 0 Å². The van der Waals surface area contributed by atoms with E-state index in [-0.39, 0.29) is 5.54 Å². The van der Waals surface area contributed by atoms with E-state index in [0.717, 1.165) is 5.75 Å². The molecule has 0 aliphatic rings. The molecule has 78 valence electrons. The van der Waals surface area contributed by atoms with Crippen molar-refractivity contribution in [3.8, 4) is 5.75 Å². The fourth-order valence-electron chi connectivity index (χ4n) is 0.970. The largest absolute Gasteiger partial charge is 0.492 e. The van der Waals surface area contributed by atoms with Gasteiger partial charge in [-0.05, 0) is 40.0 Å². The van der Waals surface area contributed by atoms with Crippen molar-refractivity contribution in [3.63, 3.8) is 0 Å². The Balaban J connectivity index is 2.50. The van der Waals surface area contributed by atoms with Crippen molar-refractivity contribution in [2.24, 2.45) is 0 Å². The number of ether oxygens (including phenoxy) is 1. The van der Waals surface area contributed by atoms with Gasteiger partial charge in [0.25, 0.3) is 0 Å². The zero-order valence-electron chi connectivity index (χ0n) is 9.42. The average molecular weight is 193 g/mol. The Bertz CT molecular complexity index is 277. The predicted octanol–water partition coefficient (Wildman–Crippen LogP) is 2.37. The maximum absolute atomic E-state index is 5.65. The van der Waals surface area contributed by atoms with E-state index in [1.54, 1.807) is 0 Å². The highest BCUT2D eigenvalue weighted by Gasteiger charge is 2.14. The Kier molecular flexibility index (Phi) is 3.53. The molecule has 0 spiro atoms. The molecule has 0 bridgehead atoms. The molecule has 0 saturated heterocycles. The van der Waals surface area contributed by atoms with Gasteiger partial charge in [-0.3, -0.25) is 0 Å². The molecule has 0 heterocycles. The molecule has 1 aromatic rings. The number of likely N-dealkylation sites (N-methyl/N-ethyl adjacent to an activating group) is 1. The molecule has 0 atom stereocenters. The summed E-state index contributed by atoms with van der Waals surface area (Å²) >= 11 is 0. The number of aryl methyl sites for hydroxylation is 1. The summed E-state index contributed by atoms with van der Waals surface area (Å²) in [5.41, 5.74) is 1.27. The molecule has 2 heteroatoms. The van der Waals surface area contributed by atoms with Crippen LogP contribution in [0.3, 0.4) is 0 Å². The van der Waals surface area contributed by atoms with Crippen LogP contribution in [0.15, 0.2) is 24.3 Å². The molecule has 0 saturated carbocycles. The lowest BCUT2D eigenvalue weighted by molar-refractivity contribution is 0.217. The minimum Gasteiger partial charge on any atom is -0.492 e. The van der Waals surface area contributed by atoms with Crippen LogP contribution >= 0.6 is 0 Å². The molecule has 0 radical (unpaired) electrons. The second-order valence-electron chi connectivity index (χ2n) is 4.24. The lowest BCUT2D eigenvalue weighted by atomic mass is 10.1. The molecule has 14 heavy (non-hydrogen) atoms. The highest BCUT2D eigenvalue weighted by Crippen LogP contribution is 2.13. The van der Waals surface area contributed by atoms with Gasteiger partial charge in [-0.15, -0.1) is 0 Å². The summed E-state index contributed by atoms with van der Waals surface area (Å²) in [6.07, 6.45) is 0. The van der Waals surface area contributed by atoms with E-state index in [0.29, 0.717) is 6.61 Å². The molecule has 0 amide bonds. The maximum atomic E-state index is 5.65. The third-order valence-electron chi connectivity index (χ3n) is 2.30. The first kappa shape index (κ1) is 11.1. The lowest BCUT2D eigenvalue weighted by Crippen LogP contribution is -2.42. The van der Waals surface area contributed by atoms with E-state index in [2.05, 4.69) is 38.2 Å².